The molecule has 9 nitrogen and oxygen atoms in total. The van der Waals surface area contributed by atoms with E-state index in [1.807, 2.05) is 6.20 Å². The fourth-order valence-corrected chi connectivity index (χ4v) is 7.29. The number of hydrogen-bond acceptors (Lipinski definition) is 6. The molecular weight excluding hydrogens is 580 g/mol. The summed E-state index contributed by atoms with van der Waals surface area (Å²) in [5.74, 6) is 1.94. The van der Waals surface area contributed by atoms with E-state index in [1.54, 1.807) is 7.11 Å². The van der Waals surface area contributed by atoms with Gasteiger partial charge < -0.3 is 24.8 Å². The van der Waals surface area contributed by atoms with E-state index in [0.29, 0.717) is 50.1 Å². The molecule has 46 heavy (non-hydrogen) atoms. The minimum Gasteiger partial charge on any atom is -0.496 e. The number of alkyl carbamates (subject to hydrolysis) is 1. The molecule has 0 radical (unpaired) electrons. The van der Waals surface area contributed by atoms with E-state index in [-0.39, 0.29) is 31.1 Å². The molecule has 3 saturated carbocycles. The predicted octanol–water partition coefficient (Wildman–Crippen LogP) is 6.79. The van der Waals surface area contributed by atoms with Gasteiger partial charge in [0.2, 0.25) is 5.91 Å². The Morgan fingerprint density at radius 2 is 1.76 bits per heavy atom. The van der Waals surface area contributed by atoms with Gasteiger partial charge in [0.05, 0.1) is 26.0 Å². The van der Waals surface area contributed by atoms with Crippen LogP contribution in [0.4, 0.5) is 10.5 Å². The zero-order valence-corrected chi connectivity index (χ0v) is 27.2. The van der Waals surface area contributed by atoms with Gasteiger partial charge >= 0.3 is 6.09 Å². The van der Waals surface area contributed by atoms with Crippen LogP contribution in [0.3, 0.4) is 0 Å². The van der Waals surface area contributed by atoms with Crippen molar-refractivity contribution in [1.29, 1.82) is 0 Å². The van der Waals surface area contributed by atoms with E-state index in [1.165, 1.54) is 24.0 Å². The summed E-state index contributed by atoms with van der Waals surface area (Å²) in [6, 6.07) is 15.5. The standard InChI is InChI=1S/C37H48N4O5/c1-25-20-30(12-17-35(25)45-2)27-8-6-26(7-9-27)23-40(36(43)28-10-15-34(16-11-28)46-37(44)38-18-19-42)33-5-3-4-29(21-33)31-22-39-41(24-31)32-13-14-32/h3-5,12,17,20-22,24,26-28,32,34,42H,6-11,13-16,18-19,23H2,1-2H3,(H,38,44)/t26-,27-,28-,34-. The van der Waals surface area contributed by atoms with Gasteiger partial charge in [-0.1, -0.05) is 24.3 Å². The first kappa shape index (κ1) is 32.1. The van der Waals surface area contributed by atoms with E-state index in [4.69, 9.17) is 14.6 Å². The summed E-state index contributed by atoms with van der Waals surface area (Å²) >= 11 is 0. The molecule has 0 unspecified atom stereocenters. The Kier molecular flexibility index (Phi) is 10.3. The van der Waals surface area contributed by atoms with Crippen molar-refractivity contribution in [3.63, 3.8) is 0 Å². The van der Waals surface area contributed by atoms with E-state index >= 15 is 0 Å². The largest absolute Gasteiger partial charge is 0.496 e. The van der Waals surface area contributed by atoms with Crippen molar-refractivity contribution in [2.45, 2.75) is 89.2 Å². The molecule has 0 aliphatic heterocycles. The minimum absolute atomic E-state index is 0.111. The van der Waals surface area contributed by atoms with Gasteiger partial charge in [-0.25, -0.2) is 4.79 Å². The second kappa shape index (κ2) is 14.7. The first-order valence-corrected chi connectivity index (χ1v) is 17.1. The molecule has 9 heteroatoms. The maximum atomic E-state index is 14.3. The zero-order valence-electron chi connectivity index (χ0n) is 27.2. The van der Waals surface area contributed by atoms with Crippen LogP contribution in [0.5, 0.6) is 5.75 Å². The Hall–Kier alpha value is -3.85. The lowest BCUT2D eigenvalue weighted by Crippen LogP contribution is -2.42. The molecule has 0 spiro atoms. The highest BCUT2D eigenvalue weighted by atomic mass is 16.6. The maximum absolute atomic E-state index is 14.3. The van der Waals surface area contributed by atoms with Crippen molar-refractivity contribution in [2.24, 2.45) is 11.8 Å². The number of methoxy groups -OCH3 is 1. The quantitative estimate of drug-likeness (QED) is 0.242. The number of benzene rings is 2. The third kappa shape index (κ3) is 7.74. The molecule has 0 atom stereocenters. The third-order valence-electron chi connectivity index (χ3n) is 10.1. The number of rotatable bonds is 11. The van der Waals surface area contributed by atoms with Crippen molar-refractivity contribution in [1.82, 2.24) is 15.1 Å². The number of aliphatic hydroxyl groups is 1. The fraction of sp³-hybridized carbons (Fsp3) is 0.541. The molecule has 3 fully saturated rings. The Balaban J connectivity index is 1.15. The van der Waals surface area contributed by atoms with Crippen LogP contribution < -0.4 is 15.0 Å². The molecule has 2 amide bonds. The van der Waals surface area contributed by atoms with Gasteiger partial charge in [-0.05, 0) is 118 Å². The number of aromatic nitrogens is 2. The Morgan fingerprint density at radius 1 is 0.978 bits per heavy atom. The number of anilines is 1. The lowest BCUT2D eigenvalue weighted by atomic mass is 9.78. The van der Waals surface area contributed by atoms with Gasteiger partial charge in [0, 0.05) is 36.5 Å². The molecule has 6 rings (SSSR count). The average molecular weight is 629 g/mol. The Labute approximate surface area is 272 Å². The Morgan fingerprint density at radius 3 is 2.46 bits per heavy atom. The number of ether oxygens (including phenoxy) is 2. The van der Waals surface area contributed by atoms with E-state index in [0.717, 1.165) is 48.2 Å². The molecular formula is C37H48N4O5. The first-order chi connectivity index (χ1) is 22.4. The number of hydrogen-bond donors (Lipinski definition) is 2. The van der Waals surface area contributed by atoms with E-state index in [2.05, 4.69) is 75.6 Å². The molecule has 3 aliphatic rings. The Bertz CT molecular complexity index is 1480. The monoisotopic (exact) mass is 628 g/mol. The summed E-state index contributed by atoms with van der Waals surface area (Å²) in [6.45, 7) is 2.86. The van der Waals surface area contributed by atoms with Crippen LogP contribution in [0.1, 0.15) is 87.3 Å². The molecule has 0 bridgehead atoms. The van der Waals surface area contributed by atoms with Gasteiger partial charge in [-0.3, -0.25) is 9.48 Å². The number of amides is 2. The molecule has 1 heterocycles. The highest BCUT2D eigenvalue weighted by Gasteiger charge is 2.34. The number of nitrogens with one attached hydrogen (secondary N) is 1. The van der Waals surface area contributed by atoms with Crippen LogP contribution >= 0.6 is 0 Å². The lowest BCUT2D eigenvalue weighted by molar-refractivity contribution is -0.124. The minimum atomic E-state index is -0.507. The van der Waals surface area contributed by atoms with Gasteiger partial charge in [0.1, 0.15) is 11.9 Å². The van der Waals surface area contributed by atoms with Crippen LogP contribution in [0.25, 0.3) is 11.1 Å². The zero-order chi connectivity index (χ0) is 32.0. The van der Waals surface area contributed by atoms with Crippen molar-refractivity contribution in [3.05, 3.63) is 66.0 Å². The second-order valence-corrected chi connectivity index (χ2v) is 13.4. The molecule has 3 aliphatic carbocycles. The molecule has 2 N–H and O–H groups in total. The van der Waals surface area contributed by atoms with Gasteiger partial charge in [0.15, 0.2) is 0 Å². The first-order valence-electron chi connectivity index (χ1n) is 17.1. The van der Waals surface area contributed by atoms with Crippen LogP contribution in [0.2, 0.25) is 0 Å². The third-order valence-corrected chi connectivity index (χ3v) is 10.1. The topological polar surface area (TPSA) is 106 Å². The molecule has 2 aromatic carbocycles. The van der Waals surface area contributed by atoms with Gasteiger partial charge in [0.25, 0.3) is 0 Å². The van der Waals surface area contributed by atoms with E-state index < -0.39 is 6.09 Å². The fourth-order valence-electron chi connectivity index (χ4n) is 7.29. The average Bonchev–Trinajstić information content (AvgIpc) is 3.82. The molecule has 3 aromatic rings. The highest BCUT2D eigenvalue weighted by molar-refractivity contribution is 5.95. The van der Waals surface area contributed by atoms with Crippen LogP contribution in [-0.4, -0.2) is 59.8 Å². The summed E-state index contributed by atoms with van der Waals surface area (Å²) < 4.78 is 13.1. The maximum Gasteiger partial charge on any atom is 0.407 e. The normalized spacial score (nSPS) is 23.0. The number of carbonyl (C=O) groups is 2. The molecule has 0 saturated heterocycles. The number of aryl methyl sites for hydroxylation is 1. The van der Waals surface area contributed by atoms with Gasteiger partial charge in [-0.2, -0.15) is 5.10 Å². The number of aliphatic hydroxyl groups excluding tert-OH is 1. The van der Waals surface area contributed by atoms with Gasteiger partial charge in [-0.15, -0.1) is 0 Å². The lowest BCUT2D eigenvalue weighted by Gasteiger charge is -2.36. The number of carbonyl (C=O) groups excluding carboxylic acids is 2. The predicted molar refractivity (Wildman–Crippen MR) is 178 cm³/mol. The highest BCUT2D eigenvalue weighted by Crippen LogP contribution is 2.40. The SMILES string of the molecule is COc1ccc([C@H]2CC[C@H](CN(c3cccc(-c4cnn(C5CC5)c4)c3)C(=O)[C@H]3CC[C@H](OC(=O)NCCO)CC3)CC2)cc1C. The molecule has 1 aromatic heterocycles. The second-order valence-electron chi connectivity index (χ2n) is 13.4. The smallest absolute Gasteiger partial charge is 0.407 e. The van der Waals surface area contributed by atoms with Crippen molar-refractivity contribution >= 4 is 17.7 Å². The van der Waals surface area contributed by atoms with Crippen molar-refractivity contribution < 1.29 is 24.2 Å². The van der Waals surface area contributed by atoms with Crippen LogP contribution in [0, 0.1) is 18.8 Å². The van der Waals surface area contributed by atoms with Crippen molar-refractivity contribution in [2.75, 3.05) is 31.7 Å². The van der Waals surface area contributed by atoms with Crippen molar-refractivity contribution in [3.8, 4) is 16.9 Å². The summed E-state index contributed by atoms with van der Waals surface area (Å²) in [5.41, 5.74) is 5.65. The summed E-state index contributed by atoms with van der Waals surface area (Å²) in [7, 11) is 1.72. The summed E-state index contributed by atoms with van der Waals surface area (Å²) in [6.07, 6.45) is 12.8. The van der Waals surface area contributed by atoms with Crippen LogP contribution in [-0.2, 0) is 9.53 Å². The number of nitrogens with zero attached hydrogens (tertiary/aromatic N) is 3. The summed E-state index contributed by atoms with van der Waals surface area (Å²) in [4.78, 5) is 28.4. The summed E-state index contributed by atoms with van der Waals surface area (Å²) in [5, 5.41) is 16.1. The molecule has 246 valence electrons. The van der Waals surface area contributed by atoms with E-state index in [9.17, 15) is 9.59 Å². The van der Waals surface area contributed by atoms with Crippen LogP contribution in [0.15, 0.2) is 54.9 Å².